The van der Waals surface area contributed by atoms with Gasteiger partial charge in [-0.3, -0.25) is 4.79 Å². The van der Waals surface area contributed by atoms with Gasteiger partial charge in [-0.05, 0) is 46.3 Å². The fourth-order valence-electron chi connectivity index (χ4n) is 3.00. The molecule has 1 N–H and O–H groups in total. The monoisotopic (exact) mass is 239 g/mol. The van der Waals surface area contributed by atoms with Gasteiger partial charge in [0.1, 0.15) is 0 Å². The van der Waals surface area contributed by atoms with Gasteiger partial charge in [-0.15, -0.1) is 0 Å². The molecule has 0 radical (unpaired) electrons. The minimum absolute atomic E-state index is 0.217. The number of hydrogen-bond acceptors (Lipinski definition) is 3. The molecule has 4 nitrogen and oxygen atoms in total. The van der Waals surface area contributed by atoms with Crippen molar-refractivity contribution in [2.24, 2.45) is 5.92 Å². The van der Waals surface area contributed by atoms with Gasteiger partial charge in [-0.25, -0.2) is 0 Å². The molecule has 2 aliphatic heterocycles. The van der Waals surface area contributed by atoms with Crippen molar-refractivity contribution in [3.63, 3.8) is 0 Å². The van der Waals surface area contributed by atoms with Crippen LogP contribution in [0.2, 0.25) is 0 Å². The standard InChI is InChI=1S/C13H25N3O/c1-11-10-15(2)7-4-8-16(11)13(17)12-5-3-6-14-9-12/h11-12,14H,3-10H2,1-2H3/t11?,12-/m0/s1. The maximum atomic E-state index is 12.5. The second-order valence-electron chi connectivity index (χ2n) is 5.54. The van der Waals surface area contributed by atoms with Crippen LogP contribution in [0.4, 0.5) is 0 Å². The fraction of sp³-hybridized carbons (Fsp3) is 0.923. The first kappa shape index (κ1) is 12.8. The molecule has 0 aromatic heterocycles. The molecule has 0 aliphatic carbocycles. The topological polar surface area (TPSA) is 35.6 Å². The lowest BCUT2D eigenvalue weighted by Gasteiger charge is -2.33. The Hall–Kier alpha value is -0.610. The first-order chi connectivity index (χ1) is 8.18. The summed E-state index contributed by atoms with van der Waals surface area (Å²) in [6.45, 7) is 7.17. The summed E-state index contributed by atoms with van der Waals surface area (Å²) in [5.41, 5.74) is 0. The van der Waals surface area contributed by atoms with Crippen molar-refractivity contribution in [2.45, 2.75) is 32.2 Å². The summed E-state index contributed by atoms with van der Waals surface area (Å²) in [6, 6.07) is 0.358. The molecule has 2 rings (SSSR count). The van der Waals surface area contributed by atoms with Crippen molar-refractivity contribution in [1.82, 2.24) is 15.1 Å². The summed E-state index contributed by atoms with van der Waals surface area (Å²) >= 11 is 0. The van der Waals surface area contributed by atoms with Crippen LogP contribution >= 0.6 is 0 Å². The Bertz CT molecular complexity index is 263. The van der Waals surface area contributed by atoms with Crippen LogP contribution < -0.4 is 5.32 Å². The highest BCUT2D eigenvalue weighted by Gasteiger charge is 2.30. The van der Waals surface area contributed by atoms with Crippen molar-refractivity contribution in [3.05, 3.63) is 0 Å². The van der Waals surface area contributed by atoms with E-state index in [1.165, 1.54) is 0 Å². The molecule has 1 amide bonds. The summed E-state index contributed by atoms with van der Waals surface area (Å²) in [6.07, 6.45) is 3.30. The third-order valence-electron chi connectivity index (χ3n) is 3.98. The van der Waals surface area contributed by atoms with E-state index in [2.05, 4.69) is 29.1 Å². The van der Waals surface area contributed by atoms with E-state index in [-0.39, 0.29) is 5.92 Å². The molecule has 0 spiro atoms. The van der Waals surface area contributed by atoms with Crippen molar-refractivity contribution < 1.29 is 4.79 Å². The van der Waals surface area contributed by atoms with E-state index in [0.717, 1.165) is 52.0 Å². The van der Waals surface area contributed by atoms with E-state index in [0.29, 0.717) is 11.9 Å². The number of hydrogen-bond donors (Lipinski definition) is 1. The summed E-state index contributed by atoms with van der Waals surface area (Å²) < 4.78 is 0. The van der Waals surface area contributed by atoms with E-state index in [9.17, 15) is 4.79 Å². The van der Waals surface area contributed by atoms with Gasteiger partial charge in [0.2, 0.25) is 5.91 Å². The Morgan fingerprint density at radius 3 is 2.82 bits per heavy atom. The highest BCUT2D eigenvalue weighted by Crippen LogP contribution is 2.17. The van der Waals surface area contributed by atoms with E-state index in [1.54, 1.807) is 0 Å². The van der Waals surface area contributed by atoms with Gasteiger partial charge < -0.3 is 15.1 Å². The molecule has 17 heavy (non-hydrogen) atoms. The van der Waals surface area contributed by atoms with Gasteiger partial charge in [0.25, 0.3) is 0 Å². The van der Waals surface area contributed by atoms with Crippen molar-refractivity contribution in [3.8, 4) is 0 Å². The van der Waals surface area contributed by atoms with E-state index in [1.807, 2.05) is 0 Å². The van der Waals surface area contributed by atoms with Crippen LogP contribution in [-0.2, 0) is 4.79 Å². The maximum Gasteiger partial charge on any atom is 0.227 e. The lowest BCUT2D eigenvalue weighted by atomic mass is 9.97. The summed E-state index contributed by atoms with van der Waals surface area (Å²) in [4.78, 5) is 16.9. The largest absolute Gasteiger partial charge is 0.338 e. The van der Waals surface area contributed by atoms with E-state index >= 15 is 0 Å². The van der Waals surface area contributed by atoms with Crippen LogP contribution in [0.25, 0.3) is 0 Å². The number of amides is 1. The summed E-state index contributed by atoms with van der Waals surface area (Å²) in [5.74, 6) is 0.592. The number of carbonyl (C=O) groups excluding carboxylic acids is 1. The number of rotatable bonds is 1. The predicted octanol–water partition coefficient (Wildman–Crippen LogP) is 0.539. The zero-order valence-electron chi connectivity index (χ0n) is 11.1. The molecule has 2 saturated heterocycles. The van der Waals surface area contributed by atoms with Crippen LogP contribution in [-0.4, -0.2) is 61.5 Å². The first-order valence-corrected chi connectivity index (χ1v) is 6.88. The fourth-order valence-corrected chi connectivity index (χ4v) is 3.00. The molecular weight excluding hydrogens is 214 g/mol. The summed E-state index contributed by atoms with van der Waals surface area (Å²) in [7, 11) is 2.15. The van der Waals surface area contributed by atoms with Gasteiger partial charge in [0.15, 0.2) is 0 Å². The normalized spacial score (nSPS) is 32.2. The lowest BCUT2D eigenvalue weighted by Crippen LogP contribution is -2.48. The number of piperidine rings is 1. The minimum Gasteiger partial charge on any atom is -0.338 e. The molecule has 0 aromatic carbocycles. The van der Waals surface area contributed by atoms with Crippen LogP contribution in [0, 0.1) is 5.92 Å². The molecule has 0 saturated carbocycles. The number of nitrogens with one attached hydrogen (secondary N) is 1. The highest BCUT2D eigenvalue weighted by atomic mass is 16.2. The third-order valence-corrected chi connectivity index (χ3v) is 3.98. The zero-order valence-corrected chi connectivity index (χ0v) is 11.1. The quantitative estimate of drug-likeness (QED) is 0.725. The van der Waals surface area contributed by atoms with Crippen LogP contribution in [0.15, 0.2) is 0 Å². The van der Waals surface area contributed by atoms with Gasteiger partial charge in [0.05, 0.1) is 5.92 Å². The number of carbonyl (C=O) groups is 1. The molecule has 2 atom stereocenters. The van der Waals surface area contributed by atoms with Crippen LogP contribution in [0.5, 0.6) is 0 Å². The Balaban J connectivity index is 1.96. The predicted molar refractivity (Wildman–Crippen MR) is 68.9 cm³/mol. The number of nitrogens with zero attached hydrogens (tertiary/aromatic N) is 2. The van der Waals surface area contributed by atoms with Gasteiger partial charge >= 0.3 is 0 Å². The molecule has 98 valence electrons. The zero-order chi connectivity index (χ0) is 12.3. The minimum atomic E-state index is 0.217. The maximum absolute atomic E-state index is 12.5. The lowest BCUT2D eigenvalue weighted by molar-refractivity contribution is -0.138. The molecule has 2 aliphatic rings. The number of likely N-dealkylation sites (N-methyl/N-ethyl adjacent to an activating group) is 1. The summed E-state index contributed by atoms with van der Waals surface area (Å²) in [5, 5.41) is 3.34. The molecule has 4 heteroatoms. The van der Waals surface area contributed by atoms with Gasteiger partial charge in [-0.1, -0.05) is 0 Å². The smallest absolute Gasteiger partial charge is 0.227 e. The van der Waals surface area contributed by atoms with Crippen LogP contribution in [0.3, 0.4) is 0 Å². The van der Waals surface area contributed by atoms with Gasteiger partial charge in [0, 0.05) is 25.7 Å². The van der Waals surface area contributed by atoms with Crippen molar-refractivity contribution >= 4 is 5.91 Å². The van der Waals surface area contributed by atoms with Crippen LogP contribution in [0.1, 0.15) is 26.2 Å². The molecule has 0 bridgehead atoms. The molecule has 2 fully saturated rings. The Morgan fingerprint density at radius 2 is 2.12 bits per heavy atom. The average Bonchev–Trinajstić information content (AvgIpc) is 2.50. The second kappa shape index (κ2) is 5.83. The molecule has 0 aromatic rings. The highest BCUT2D eigenvalue weighted by molar-refractivity contribution is 5.79. The third kappa shape index (κ3) is 3.19. The molecule has 1 unspecified atom stereocenters. The van der Waals surface area contributed by atoms with E-state index < -0.39 is 0 Å². The SMILES string of the molecule is CC1CN(C)CCCN1C(=O)[C@H]1CCCNC1. The van der Waals surface area contributed by atoms with Gasteiger partial charge in [-0.2, -0.15) is 0 Å². The van der Waals surface area contributed by atoms with Crippen molar-refractivity contribution in [1.29, 1.82) is 0 Å². The first-order valence-electron chi connectivity index (χ1n) is 6.88. The second-order valence-corrected chi connectivity index (χ2v) is 5.54. The van der Waals surface area contributed by atoms with Crippen molar-refractivity contribution in [2.75, 3.05) is 39.8 Å². The Morgan fingerprint density at radius 1 is 1.29 bits per heavy atom. The Labute approximate surface area is 104 Å². The molecular formula is C13H25N3O. The average molecular weight is 239 g/mol. The molecule has 2 heterocycles. The Kier molecular flexibility index (Phi) is 4.40. The van der Waals surface area contributed by atoms with E-state index in [4.69, 9.17) is 0 Å².